The SMILES string of the molecule is C[C@]12O[C@](CCOc3ccc(C#N)c(F)c3F)(CC1O)c1c2c(O)n(-c2ccc(C#N)c3ccccc23)c1O. The van der Waals surface area contributed by atoms with Gasteiger partial charge in [0.2, 0.25) is 17.6 Å². The molecular weight excluding hydrogens is 508 g/mol. The molecule has 39 heavy (non-hydrogen) atoms. The summed E-state index contributed by atoms with van der Waals surface area (Å²) in [6.45, 7) is 1.43. The lowest BCUT2D eigenvalue weighted by atomic mass is 9.76. The zero-order valence-corrected chi connectivity index (χ0v) is 20.6. The fourth-order valence-electron chi connectivity index (χ4n) is 5.98. The van der Waals surface area contributed by atoms with E-state index < -0.39 is 40.3 Å². The highest BCUT2D eigenvalue weighted by atomic mass is 19.2. The van der Waals surface area contributed by atoms with Gasteiger partial charge in [-0.25, -0.2) is 4.39 Å². The molecule has 196 valence electrons. The van der Waals surface area contributed by atoms with Gasteiger partial charge in [-0.15, -0.1) is 0 Å². The maximum absolute atomic E-state index is 14.4. The number of hydrogen-bond donors (Lipinski definition) is 3. The van der Waals surface area contributed by atoms with Gasteiger partial charge in [0, 0.05) is 23.6 Å². The minimum absolute atomic E-state index is 0.0266. The third kappa shape index (κ3) is 3.26. The normalized spacial score (nSPS) is 23.0. The second-order valence-electron chi connectivity index (χ2n) is 9.90. The number of rotatable bonds is 5. The summed E-state index contributed by atoms with van der Waals surface area (Å²) in [6, 6.07) is 16.3. The van der Waals surface area contributed by atoms with Crippen LogP contribution in [0.15, 0.2) is 48.5 Å². The van der Waals surface area contributed by atoms with Gasteiger partial charge in [-0.2, -0.15) is 14.9 Å². The molecule has 10 heteroatoms. The molecule has 0 amide bonds. The number of hydrogen-bond acceptors (Lipinski definition) is 7. The molecule has 0 spiro atoms. The fourth-order valence-corrected chi connectivity index (χ4v) is 5.98. The van der Waals surface area contributed by atoms with Crippen LogP contribution in [0.5, 0.6) is 17.5 Å². The molecule has 2 aliphatic rings. The molecule has 3 N–H and O–H groups in total. The van der Waals surface area contributed by atoms with E-state index in [9.17, 15) is 29.4 Å². The summed E-state index contributed by atoms with van der Waals surface area (Å²) in [5, 5.41) is 53.5. The van der Waals surface area contributed by atoms with Crippen molar-refractivity contribution in [1.82, 2.24) is 4.57 Å². The predicted octanol–water partition coefficient (Wildman–Crippen LogP) is 4.74. The van der Waals surface area contributed by atoms with Gasteiger partial charge < -0.3 is 24.8 Å². The topological polar surface area (TPSA) is 132 Å². The molecule has 3 heterocycles. The molecule has 4 aromatic rings. The van der Waals surface area contributed by atoms with Crippen molar-refractivity contribution in [3.05, 3.63) is 82.4 Å². The van der Waals surface area contributed by atoms with Crippen molar-refractivity contribution in [3.8, 4) is 35.3 Å². The lowest BCUT2D eigenvalue weighted by molar-refractivity contribution is -0.107. The van der Waals surface area contributed by atoms with Gasteiger partial charge in [-0.05, 0) is 31.2 Å². The van der Waals surface area contributed by atoms with Crippen molar-refractivity contribution in [2.75, 3.05) is 6.61 Å². The summed E-state index contributed by atoms with van der Waals surface area (Å²) < 4.78 is 41.4. The van der Waals surface area contributed by atoms with E-state index >= 15 is 0 Å². The minimum Gasteiger partial charge on any atom is -0.494 e. The molecule has 1 fully saturated rings. The largest absolute Gasteiger partial charge is 0.494 e. The number of fused-ring (bicyclic) bond motifs is 6. The molecule has 1 saturated heterocycles. The summed E-state index contributed by atoms with van der Waals surface area (Å²) in [5.41, 5.74) is -1.74. The molecule has 1 unspecified atom stereocenters. The van der Waals surface area contributed by atoms with Gasteiger partial charge in [0.05, 0.1) is 46.7 Å². The van der Waals surface area contributed by atoms with Gasteiger partial charge in [0.15, 0.2) is 11.6 Å². The monoisotopic (exact) mass is 529 g/mol. The second kappa shape index (κ2) is 8.43. The number of nitriles is 2. The highest BCUT2D eigenvalue weighted by molar-refractivity contribution is 5.95. The zero-order chi connectivity index (χ0) is 27.7. The first-order valence-corrected chi connectivity index (χ1v) is 12.2. The molecule has 8 nitrogen and oxygen atoms in total. The summed E-state index contributed by atoms with van der Waals surface area (Å²) in [4.78, 5) is 0. The van der Waals surface area contributed by atoms with Gasteiger partial charge in [-0.1, -0.05) is 24.3 Å². The van der Waals surface area contributed by atoms with E-state index in [1.54, 1.807) is 49.4 Å². The Labute approximate surface area is 221 Å². The molecule has 2 aliphatic heterocycles. The van der Waals surface area contributed by atoms with Crippen LogP contribution in [0, 0.1) is 34.3 Å². The van der Waals surface area contributed by atoms with Crippen molar-refractivity contribution in [1.29, 1.82) is 10.5 Å². The number of halogens is 2. The van der Waals surface area contributed by atoms with E-state index in [1.807, 2.05) is 0 Å². The molecule has 3 atom stereocenters. The second-order valence-corrected chi connectivity index (χ2v) is 9.90. The summed E-state index contributed by atoms with van der Waals surface area (Å²) in [5.74, 6) is -3.62. The van der Waals surface area contributed by atoms with Crippen molar-refractivity contribution >= 4 is 10.8 Å². The van der Waals surface area contributed by atoms with Crippen molar-refractivity contribution < 1.29 is 33.6 Å². The average Bonchev–Trinajstić information content (AvgIpc) is 3.47. The average molecular weight is 529 g/mol. The van der Waals surface area contributed by atoms with Crippen LogP contribution in [0.2, 0.25) is 0 Å². The van der Waals surface area contributed by atoms with Crippen molar-refractivity contribution in [3.63, 3.8) is 0 Å². The molecule has 1 aromatic heterocycles. The number of benzene rings is 3. The highest BCUT2D eigenvalue weighted by Crippen LogP contribution is 2.65. The van der Waals surface area contributed by atoms with Gasteiger partial charge >= 0.3 is 0 Å². The van der Waals surface area contributed by atoms with E-state index in [-0.39, 0.29) is 42.3 Å². The Morgan fingerprint density at radius 2 is 1.64 bits per heavy atom. The highest BCUT2D eigenvalue weighted by Gasteiger charge is 2.66. The first kappa shape index (κ1) is 24.7. The Balaban J connectivity index is 1.42. The number of aliphatic hydroxyl groups excluding tert-OH is 1. The van der Waals surface area contributed by atoms with E-state index in [0.29, 0.717) is 22.0 Å². The van der Waals surface area contributed by atoms with Crippen LogP contribution >= 0.6 is 0 Å². The van der Waals surface area contributed by atoms with E-state index in [2.05, 4.69) is 6.07 Å². The predicted molar refractivity (Wildman–Crippen MR) is 133 cm³/mol. The van der Waals surface area contributed by atoms with Crippen LogP contribution < -0.4 is 4.74 Å². The molecule has 0 radical (unpaired) electrons. The van der Waals surface area contributed by atoms with Crippen LogP contribution in [-0.2, 0) is 15.9 Å². The van der Waals surface area contributed by atoms with Crippen LogP contribution in [0.25, 0.3) is 16.5 Å². The van der Waals surface area contributed by atoms with E-state index in [4.69, 9.17) is 14.7 Å². The smallest absolute Gasteiger partial charge is 0.205 e. The number of aromatic nitrogens is 1. The molecule has 6 rings (SSSR count). The van der Waals surface area contributed by atoms with Crippen LogP contribution in [0.4, 0.5) is 8.78 Å². The third-order valence-corrected chi connectivity index (χ3v) is 7.83. The zero-order valence-electron chi connectivity index (χ0n) is 20.6. The fraction of sp³-hybridized carbons (Fsp3) is 0.241. The lowest BCUT2D eigenvalue weighted by Crippen LogP contribution is -2.33. The number of ether oxygens (including phenoxy) is 2. The van der Waals surface area contributed by atoms with Gasteiger partial charge in [-0.3, -0.25) is 4.57 Å². The van der Waals surface area contributed by atoms with Crippen LogP contribution in [-0.4, -0.2) is 32.6 Å². The van der Waals surface area contributed by atoms with Crippen LogP contribution in [0.1, 0.15) is 42.0 Å². The Morgan fingerprint density at radius 3 is 2.36 bits per heavy atom. The minimum atomic E-state index is -1.35. The maximum atomic E-state index is 14.4. The Hall–Kier alpha value is -4.64. The summed E-state index contributed by atoms with van der Waals surface area (Å²) in [6.07, 6.45) is -0.943. The number of aliphatic hydroxyl groups is 1. The first-order chi connectivity index (χ1) is 18.7. The first-order valence-electron chi connectivity index (χ1n) is 12.2. The van der Waals surface area contributed by atoms with Gasteiger partial charge in [0.25, 0.3) is 0 Å². The summed E-state index contributed by atoms with van der Waals surface area (Å²) in [7, 11) is 0. The number of aromatic hydroxyl groups is 2. The molecule has 2 bridgehead atoms. The Kier molecular flexibility index (Phi) is 5.34. The summed E-state index contributed by atoms with van der Waals surface area (Å²) >= 11 is 0. The Morgan fingerprint density at radius 1 is 0.974 bits per heavy atom. The van der Waals surface area contributed by atoms with E-state index in [1.165, 1.54) is 4.57 Å². The Bertz CT molecular complexity index is 1770. The van der Waals surface area contributed by atoms with Crippen molar-refractivity contribution in [2.24, 2.45) is 0 Å². The quantitative estimate of drug-likeness (QED) is 0.340. The third-order valence-electron chi connectivity index (χ3n) is 7.83. The maximum Gasteiger partial charge on any atom is 0.205 e. The van der Waals surface area contributed by atoms with E-state index in [0.717, 1.165) is 12.1 Å². The lowest BCUT2D eigenvalue weighted by Gasteiger charge is -2.26. The standard InChI is InChI=1S/C29H21F2N3O5/c1-28-21(35)12-29(39-28,10-11-38-20-9-7-16(14-33)24(30)25(20)31)23-22(28)26(36)34(27(23)37)19-8-6-15(13-32)17-4-2-3-5-18(17)19/h2-9,21,35-37H,10-12H2,1H3/t21?,28-,29+/m0/s1. The van der Waals surface area contributed by atoms with Gasteiger partial charge in [0.1, 0.15) is 17.3 Å². The molecular formula is C29H21F2N3O5. The molecule has 3 aromatic carbocycles. The van der Waals surface area contributed by atoms with Crippen LogP contribution in [0.3, 0.4) is 0 Å². The molecule has 0 saturated carbocycles. The van der Waals surface area contributed by atoms with Crippen molar-refractivity contribution in [2.45, 2.75) is 37.1 Å². The number of nitrogens with zero attached hydrogens (tertiary/aromatic N) is 3. The molecule has 0 aliphatic carbocycles.